The molecule has 0 spiro atoms. The summed E-state index contributed by atoms with van der Waals surface area (Å²) in [6.07, 6.45) is 0. The van der Waals surface area contributed by atoms with Crippen LogP contribution < -0.4 is 0 Å². The highest BCUT2D eigenvalue weighted by atomic mass is 35.5. The van der Waals surface area contributed by atoms with Crippen molar-refractivity contribution >= 4 is 44.3 Å². The first-order chi connectivity index (χ1) is 17.7. The molecule has 2 aromatic heterocycles. The van der Waals surface area contributed by atoms with Gasteiger partial charge in [0.25, 0.3) is 0 Å². The summed E-state index contributed by atoms with van der Waals surface area (Å²) in [5, 5.41) is 5.09. The molecule has 2 heterocycles. The summed E-state index contributed by atoms with van der Waals surface area (Å²) < 4.78 is 6.18. The van der Waals surface area contributed by atoms with E-state index in [1.165, 1.54) is 5.39 Å². The van der Waals surface area contributed by atoms with Crippen molar-refractivity contribution in [3.05, 3.63) is 114 Å². The molecule has 0 bridgehead atoms. The van der Waals surface area contributed by atoms with Gasteiger partial charge in [-0.2, -0.15) is 0 Å². The number of fused-ring (bicyclic) bond motifs is 5. The van der Waals surface area contributed by atoms with Crippen molar-refractivity contribution < 1.29 is 4.42 Å². The largest absolute Gasteiger partial charge is 0.456 e. The Morgan fingerprint density at radius 2 is 1.17 bits per heavy atom. The molecule has 0 fully saturated rings. The minimum absolute atomic E-state index is 0.573. The average molecular weight is 484 g/mol. The Morgan fingerprint density at radius 1 is 0.500 bits per heavy atom. The monoisotopic (exact) mass is 483 g/mol. The Bertz CT molecular complexity index is 1910. The standard InChI is InChI=1S/C31H18ClN3O/c32-23-11-6-10-21(17-23)30-33-29(20-8-2-1-3-9-20)34-31(35-30)22-14-15-26-25(18-22)28-24-12-5-4-7-19(24)13-16-27(28)36-26/h1-18H. The van der Waals surface area contributed by atoms with E-state index < -0.39 is 0 Å². The molecule has 0 saturated carbocycles. The van der Waals surface area contributed by atoms with Crippen LogP contribution in [0.15, 0.2) is 114 Å². The molecule has 0 aliphatic carbocycles. The number of nitrogens with zero attached hydrogens (tertiary/aromatic N) is 3. The fourth-order valence-corrected chi connectivity index (χ4v) is 4.85. The molecular weight excluding hydrogens is 466 g/mol. The van der Waals surface area contributed by atoms with Gasteiger partial charge in [0.15, 0.2) is 17.5 Å². The molecule has 7 aromatic rings. The van der Waals surface area contributed by atoms with Crippen LogP contribution in [0.1, 0.15) is 0 Å². The molecule has 0 aliphatic rings. The van der Waals surface area contributed by atoms with Crippen LogP contribution in [0, 0.1) is 0 Å². The van der Waals surface area contributed by atoms with E-state index in [1.807, 2.05) is 72.8 Å². The van der Waals surface area contributed by atoms with Gasteiger partial charge in [0, 0.05) is 32.5 Å². The molecule has 5 heteroatoms. The smallest absolute Gasteiger partial charge is 0.164 e. The van der Waals surface area contributed by atoms with Gasteiger partial charge in [-0.1, -0.05) is 84.4 Å². The van der Waals surface area contributed by atoms with Crippen molar-refractivity contribution in [2.45, 2.75) is 0 Å². The Morgan fingerprint density at radius 3 is 1.97 bits per heavy atom. The topological polar surface area (TPSA) is 51.8 Å². The lowest BCUT2D eigenvalue weighted by Gasteiger charge is -2.09. The number of hydrogen-bond acceptors (Lipinski definition) is 4. The maximum atomic E-state index is 6.28. The molecule has 7 rings (SSSR count). The second-order valence-electron chi connectivity index (χ2n) is 8.66. The molecular formula is C31H18ClN3O. The van der Waals surface area contributed by atoms with Gasteiger partial charge in [0.2, 0.25) is 0 Å². The highest BCUT2D eigenvalue weighted by Gasteiger charge is 2.15. The third kappa shape index (κ3) is 3.51. The molecule has 170 valence electrons. The second-order valence-corrected chi connectivity index (χ2v) is 9.09. The van der Waals surface area contributed by atoms with Crippen molar-refractivity contribution in [2.75, 3.05) is 0 Å². The van der Waals surface area contributed by atoms with Crippen molar-refractivity contribution in [3.63, 3.8) is 0 Å². The van der Waals surface area contributed by atoms with E-state index in [-0.39, 0.29) is 0 Å². The maximum absolute atomic E-state index is 6.28. The number of benzene rings is 5. The summed E-state index contributed by atoms with van der Waals surface area (Å²) in [5.74, 6) is 1.78. The van der Waals surface area contributed by atoms with E-state index >= 15 is 0 Å². The highest BCUT2D eigenvalue weighted by Crippen LogP contribution is 2.36. The maximum Gasteiger partial charge on any atom is 0.164 e. The number of aromatic nitrogens is 3. The first-order valence-electron chi connectivity index (χ1n) is 11.6. The van der Waals surface area contributed by atoms with Crippen molar-refractivity contribution in [2.24, 2.45) is 0 Å². The molecule has 0 atom stereocenters. The summed E-state index contributed by atoms with van der Waals surface area (Å²) in [6, 6.07) is 36.1. The minimum atomic E-state index is 0.573. The van der Waals surface area contributed by atoms with Gasteiger partial charge in [-0.25, -0.2) is 15.0 Å². The van der Waals surface area contributed by atoms with E-state index in [0.717, 1.165) is 44.0 Å². The van der Waals surface area contributed by atoms with Gasteiger partial charge in [-0.05, 0) is 47.2 Å². The third-order valence-electron chi connectivity index (χ3n) is 6.37. The van der Waals surface area contributed by atoms with Crippen molar-refractivity contribution in [1.82, 2.24) is 15.0 Å². The van der Waals surface area contributed by atoms with Crippen LogP contribution in [0.25, 0.3) is 66.9 Å². The Labute approximate surface area is 211 Å². The van der Waals surface area contributed by atoms with Crippen LogP contribution in [0.4, 0.5) is 0 Å². The molecule has 0 radical (unpaired) electrons. The number of halogens is 1. The second kappa shape index (κ2) is 8.29. The molecule has 5 aromatic carbocycles. The van der Waals surface area contributed by atoms with Gasteiger partial charge in [0.1, 0.15) is 11.2 Å². The molecule has 0 saturated heterocycles. The van der Waals surface area contributed by atoms with E-state index in [1.54, 1.807) is 0 Å². The zero-order valence-corrected chi connectivity index (χ0v) is 19.8. The third-order valence-corrected chi connectivity index (χ3v) is 6.60. The van der Waals surface area contributed by atoms with Crippen LogP contribution in [0.5, 0.6) is 0 Å². The molecule has 4 nitrogen and oxygen atoms in total. The molecule has 0 N–H and O–H groups in total. The van der Waals surface area contributed by atoms with E-state index in [2.05, 4.69) is 36.4 Å². The molecule has 36 heavy (non-hydrogen) atoms. The van der Waals surface area contributed by atoms with Gasteiger partial charge >= 0.3 is 0 Å². The van der Waals surface area contributed by atoms with Crippen LogP contribution >= 0.6 is 11.6 Å². The van der Waals surface area contributed by atoms with Gasteiger partial charge in [-0.15, -0.1) is 0 Å². The molecule has 0 amide bonds. The first kappa shape index (κ1) is 20.8. The summed E-state index contributed by atoms with van der Waals surface area (Å²) in [6.45, 7) is 0. The van der Waals surface area contributed by atoms with E-state index in [4.69, 9.17) is 31.0 Å². The summed E-state index contributed by atoms with van der Waals surface area (Å²) >= 11 is 6.28. The van der Waals surface area contributed by atoms with Crippen molar-refractivity contribution in [1.29, 1.82) is 0 Å². The predicted octanol–water partition coefficient (Wildman–Crippen LogP) is 8.58. The molecule has 0 unspecified atom stereocenters. The van der Waals surface area contributed by atoms with Crippen molar-refractivity contribution in [3.8, 4) is 34.2 Å². The zero-order valence-electron chi connectivity index (χ0n) is 19.0. The molecule has 0 aliphatic heterocycles. The summed E-state index contributed by atoms with van der Waals surface area (Å²) in [7, 11) is 0. The summed E-state index contributed by atoms with van der Waals surface area (Å²) in [4.78, 5) is 14.5. The van der Waals surface area contributed by atoms with Gasteiger partial charge < -0.3 is 4.42 Å². The fourth-order valence-electron chi connectivity index (χ4n) is 4.66. The van der Waals surface area contributed by atoms with Gasteiger partial charge in [0.05, 0.1) is 0 Å². The lowest BCUT2D eigenvalue weighted by Crippen LogP contribution is -2.00. The average Bonchev–Trinajstić information content (AvgIpc) is 3.32. The first-order valence-corrected chi connectivity index (χ1v) is 12.0. The predicted molar refractivity (Wildman–Crippen MR) is 146 cm³/mol. The summed E-state index contributed by atoms with van der Waals surface area (Å²) in [5.41, 5.74) is 4.34. The van der Waals surface area contributed by atoms with Crippen LogP contribution in [-0.2, 0) is 0 Å². The van der Waals surface area contributed by atoms with E-state index in [0.29, 0.717) is 22.5 Å². The lowest BCUT2D eigenvalue weighted by molar-refractivity contribution is 0.669. The highest BCUT2D eigenvalue weighted by molar-refractivity contribution is 6.30. The van der Waals surface area contributed by atoms with Gasteiger partial charge in [-0.3, -0.25) is 0 Å². The SMILES string of the molecule is Clc1cccc(-c2nc(-c3ccccc3)nc(-c3ccc4oc5ccc6ccccc6c5c4c3)n2)c1. The zero-order chi connectivity index (χ0) is 24.1. The van der Waals surface area contributed by atoms with Crippen LogP contribution in [0.3, 0.4) is 0 Å². The number of hydrogen-bond donors (Lipinski definition) is 0. The Kier molecular flexibility index (Phi) is 4.79. The number of furan rings is 1. The quantitative estimate of drug-likeness (QED) is 0.252. The Hall–Kier alpha value is -4.54. The van der Waals surface area contributed by atoms with Crippen LogP contribution in [0.2, 0.25) is 5.02 Å². The normalized spacial score (nSPS) is 11.5. The van der Waals surface area contributed by atoms with Crippen LogP contribution in [-0.4, -0.2) is 15.0 Å². The van der Waals surface area contributed by atoms with E-state index in [9.17, 15) is 0 Å². The minimum Gasteiger partial charge on any atom is -0.456 e. The Balaban J connectivity index is 1.48. The lowest BCUT2D eigenvalue weighted by atomic mass is 10.0. The number of rotatable bonds is 3. The fraction of sp³-hybridized carbons (Fsp3) is 0.